The molecule has 0 aliphatic rings. The van der Waals surface area contributed by atoms with E-state index in [4.69, 9.17) is 0 Å². The summed E-state index contributed by atoms with van der Waals surface area (Å²) in [6.45, 7) is 2.69. The summed E-state index contributed by atoms with van der Waals surface area (Å²) in [5, 5.41) is 0. The molecule has 0 aromatic heterocycles. The largest absolute Gasteiger partial charge is 0.216 e. The van der Waals surface area contributed by atoms with E-state index in [2.05, 4.69) is 6.58 Å². The summed E-state index contributed by atoms with van der Waals surface area (Å²) >= 11 is 0. The van der Waals surface area contributed by atoms with Gasteiger partial charge in [-0.25, -0.2) is 4.39 Å². The molecule has 24 valence electrons. The molecule has 0 unspecified atom stereocenters. The third-order valence-corrected chi connectivity index (χ3v) is 0. The molecule has 0 aromatic carbocycles. The summed E-state index contributed by atoms with van der Waals surface area (Å²) in [4.78, 5) is 0. The molecule has 0 saturated heterocycles. The van der Waals surface area contributed by atoms with Crippen molar-refractivity contribution in [1.29, 1.82) is 0 Å². The van der Waals surface area contributed by atoms with Crippen LogP contribution in [-0.2, 0) is 0 Å². The number of halogens is 1. The highest BCUT2D eigenvalue weighted by molar-refractivity contribution is 5.75. The van der Waals surface area contributed by atoms with Crippen molar-refractivity contribution in [3.05, 3.63) is 12.9 Å². The van der Waals surface area contributed by atoms with Gasteiger partial charge in [-0.1, -0.05) is 6.58 Å². The maximum Gasteiger partial charge on any atom is 0.187 e. The Kier molecular flexibility index (Phi) is 23.9. The normalized spacial score (nSPS) is 3.25. The van der Waals surface area contributed by atoms with Crippen molar-refractivity contribution >= 4 is 17.4 Å². The molecule has 0 aliphatic carbocycles. The molecular weight excluding hydrogens is 70.0 g/mol. The first-order valence-corrected chi connectivity index (χ1v) is 0.626. The highest BCUT2D eigenvalue weighted by Gasteiger charge is 1.19. The van der Waals surface area contributed by atoms with Crippen LogP contribution < -0.4 is 0 Å². The van der Waals surface area contributed by atoms with Crippen LogP contribution in [-0.4, -0.2) is 17.4 Å². The average Bonchev–Trinajstić information content (AvgIpc) is 0.918. The van der Waals surface area contributed by atoms with Gasteiger partial charge in [0, 0.05) is 0 Å². The molecule has 0 N–H and O–H groups in total. The molecule has 0 heterocycles. The Morgan fingerprint density at radius 1 is 1.75 bits per heavy atom. The molecule has 0 radical (unpaired) electrons. The summed E-state index contributed by atoms with van der Waals surface area (Å²) in [6, 6.07) is 0. The lowest BCUT2D eigenvalue weighted by Crippen LogP contribution is -0.990. The number of hydrogen-bond donors (Lipinski definition) is 0. The fourth-order valence-electron chi connectivity index (χ4n) is 0. The van der Waals surface area contributed by atoms with E-state index in [-0.39, 0.29) is 23.7 Å². The van der Waals surface area contributed by atoms with Crippen molar-refractivity contribution in [2.24, 2.45) is 0 Å². The maximum atomic E-state index is 10.1. The molecule has 2 heteroatoms. The molecule has 0 rings (SSSR count). The zero-order valence-electron chi connectivity index (χ0n) is 1.66. The van der Waals surface area contributed by atoms with Gasteiger partial charge < -0.3 is 0 Å². The van der Waals surface area contributed by atoms with Gasteiger partial charge in [0.05, 0.1) is 6.33 Å². The molecule has 0 fully saturated rings. The van der Waals surface area contributed by atoms with Gasteiger partial charge in [-0.05, 0) is 0 Å². The molecule has 0 aliphatic heterocycles. The zero-order chi connectivity index (χ0) is 2.71. The van der Waals surface area contributed by atoms with E-state index in [1.54, 1.807) is 0 Å². The van der Waals surface area contributed by atoms with Crippen LogP contribution >= 0.6 is 0 Å². The van der Waals surface area contributed by atoms with Gasteiger partial charge in [0.15, 0.2) is 17.4 Å². The van der Waals surface area contributed by atoms with Crippen LogP contribution in [0.3, 0.4) is 0 Å². The summed E-state index contributed by atoms with van der Waals surface area (Å²) in [5.74, 6) is 0. The molecular formula is C2H6AlF. The molecule has 0 nitrogen and oxygen atoms in total. The summed E-state index contributed by atoms with van der Waals surface area (Å²) in [6.07, 6.45) is 0.250. The predicted octanol–water partition coefficient (Wildman–Crippen LogP) is -0.0845. The van der Waals surface area contributed by atoms with Crippen molar-refractivity contribution in [2.45, 2.75) is 0 Å². The quantitative estimate of drug-likeness (QED) is 0.354. The number of rotatable bonds is 0. The van der Waals surface area contributed by atoms with E-state index in [1.807, 2.05) is 0 Å². The van der Waals surface area contributed by atoms with Crippen molar-refractivity contribution < 1.29 is 4.39 Å². The second kappa shape index (κ2) is 10.7. The van der Waals surface area contributed by atoms with Crippen molar-refractivity contribution in [3.63, 3.8) is 0 Å². The summed E-state index contributed by atoms with van der Waals surface area (Å²) in [7, 11) is 0. The van der Waals surface area contributed by atoms with E-state index < -0.39 is 0 Å². The minimum absolute atomic E-state index is 0. The van der Waals surface area contributed by atoms with Gasteiger partial charge in [-0.3, -0.25) is 0 Å². The summed E-state index contributed by atoms with van der Waals surface area (Å²) < 4.78 is 10.1. The Bertz CT molecular complexity index is 13.5. The van der Waals surface area contributed by atoms with Gasteiger partial charge in [-0.15, -0.1) is 0 Å². The van der Waals surface area contributed by atoms with E-state index in [0.717, 1.165) is 0 Å². The zero-order valence-corrected chi connectivity index (χ0v) is 1.66. The molecule has 0 amide bonds. The Balaban J connectivity index is 0. The van der Waals surface area contributed by atoms with Gasteiger partial charge in [0.2, 0.25) is 0 Å². The smallest absolute Gasteiger partial charge is 0.187 e. The second-order valence-corrected chi connectivity index (χ2v) is 0.154. The molecule has 4 heavy (non-hydrogen) atoms. The van der Waals surface area contributed by atoms with Crippen molar-refractivity contribution in [1.82, 2.24) is 0 Å². The van der Waals surface area contributed by atoms with E-state index in [9.17, 15) is 4.39 Å². The van der Waals surface area contributed by atoms with Gasteiger partial charge in [0.1, 0.15) is 0 Å². The fraction of sp³-hybridized carbons (Fsp3) is 0. The highest BCUT2D eigenvalue weighted by atomic mass is 27.0. The third-order valence-electron chi connectivity index (χ3n) is 0. The Labute approximate surface area is 35.5 Å². The molecule has 0 atom stereocenters. The molecule has 0 saturated carbocycles. The Hall–Kier alpha value is 0.202. The molecule has 0 bridgehead atoms. The monoisotopic (exact) mass is 76.0 g/mol. The van der Waals surface area contributed by atoms with Crippen molar-refractivity contribution in [2.75, 3.05) is 0 Å². The first-order valence-electron chi connectivity index (χ1n) is 0.626. The van der Waals surface area contributed by atoms with Gasteiger partial charge in [0.25, 0.3) is 0 Å². The predicted molar refractivity (Wildman–Crippen MR) is 21.2 cm³/mol. The SMILES string of the molecule is C=CF.[AlH3]. The van der Waals surface area contributed by atoms with E-state index in [1.165, 1.54) is 0 Å². The lowest BCUT2D eigenvalue weighted by Gasteiger charge is -1.28. The molecule has 0 spiro atoms. The lowest BCUT2D eigenvalue weighted by molar-refractivity contribution is 0.725. The highest BCUT2D eigenvalue weighted by Crippen LogP contribution is 1.48. The van der Waals surface area contributed by atoms with Crippen LogP contribution in [0.2, 0.25) is 0 Å². The van der Waals surface area contributed by atoms with Crippen LogP contribution in [0.15, 0.2) is 12.9 Å². The van der Waals surface area contributed by atoms with Gasteiger partial charge in [-0.2, -0.15) is 0 Å². The standard InChI is InChI=1S/C2H3F.Al.3H/c1-2-3;;;;/h2H,1H2;;;;. The second-order valence-electron chi connectivity index (χ2n) is 0.154. The Morgan fingerprint density at radius 2 is 1.75 bits per heavy atom. The maximum absolute atomic E-state index is 10.1. The van der Waals surface area contributed by atoms with Crippen LogP contribution in [0.1, 0.15) is 0 Å². The summed E-state index contributed by atoms with van der Waals surface area (Å²) in [5.41, 5.74) is 0. The topological polar surface area (TPSA) is 0 Å². The average molecular weight is 76.0 g/mol. The first kappa shape index (κ1) is 8.88. The Morgan fingerprint density at radius 3 is 1.75 bits per heavy atom. The fourth-order valence-corrected chi connectivity index (χ4v) is 0. The number of hydrogen-bond acceptors (Lipinski definition) is 0. The van der Waals surface area contributed by atoms with Crippen LogP contribution in [0.5, 0.6) is 0 Å². The van der Waals surface area contributed by atoms with E-state index in [0.29, 0.717) is 0 Å². The van der Waals surface area contributed by atoms with Gasteiger partial charge >= 0.3 is 0 Å². The minimum atomic E-state index is 0. The van der Waals surface area contributed by atoms with Crippen LogP contribution in [0.4, 0.5) is 4.39 Å². The molecule has 0 aromatic rings. The first-order chi connectivity index (χ1) is 1.41. The van der Waals surface area contributed by atoms with Crippen LogP contribution in [0, 0.1) is 0 Å². The van der Waals surface area contributed by atoms with Crippen molar-refractivity contribution in [3.8, 4) is 0 Å². The van der Waals surface area contributed by atoms with E-state index >= 15 is 0 Å². The third kappa shape index (κ3) is 77.7. The lowest BCUT2D eigenvalue weighted by atomic mass is 11.2. The minimum Gasteiger partial charge on any atom is -0.216 e. The van der Waals surface area contributed by atoms with Crippen LogP contribution in [0.25, 0.3) is 0 Å².